The monoisotopic (exact) mass is 246 g/mol. The molecule has 0 fully saturated rings. The Morgan fingerprint density at radius 2 is 2.18 bits per heavy atom. The second-order valence-corrected chi connectivity index (χ2v) is 4.62. The number of aromatic nitrogens is 1. The van der Waals surface area contributed by atoms with Crippen molar-refractivity contribution in [2.45, 2.75) is 19.9 Å². The molecule has 0 aliphatic carbocycles. The molecule has 0 spiro atoms. The summed E-state index contributed by atoms with van der Waals surface area (Å²) in [6, 6.07) is 7.78. The molecule has 0 aliphatic heterocycles. The zero-order chi connectivity index (χ0) is 12.4. The maximum absolute atomic E-state index is 6.14. The van der Waals surface area contributed by atoms with E-state index in [9.17, 15) is 0 Å². The summed E-state index contributed by atoms with van der Waals surface area (Å²) in [5.41, 5.74) is 8.94. The number of benzene rings is 1. The van der Waals surface area contributed by atoms with Crippen LogP contribution in [0.2, 0.25) is 5.02 Å². The van der Waals surface area contributed by atoms with Crippen molar-refractivity contribution in [3.63, 3.8) is 0 Å². The molecule has 0 amide bonds. The van der Waals surface area contributed by atoms with Gasteiger partial charge in [0.1, 0.15) is 0 Å². The second kappa shape index (κ2) is 4.86. The Balaban J connectivity index is 2.64. The van der Waals surface area contributed by atoms with Gasteiger partial charge in [-0.1, -0.05) is 29.3 Å². The van der Waals surface area contributed by atoms with Crippen molar-refractivity contribution in [2.75, 3.05) is 0 Å². The number of halogens is 1. The number of pyridine rings is 1. The normalized spacial score (nSPS) is 14.0. The van der Waals surface area contributed by atoms with Crippen molar-refractivity contribution in [3.05, 3.63) is 46.6 Å². The molecule has 0 saturated carbocycles. The van der Waals surface area contributed by atoms with E-state index in [1.54, 1.807) is 6.20 Å². The van der Waals surface area contributed by atoms with Crippen molar-refractivity contribution in [2.24, 2.45) is 5.73 Å². The van der Waals surface area contributed by atoms with Gasteiger partial charge in [0.05, 0.1) is 10.5 Å². The molecule has 88 valence electrons. The van der Waals surface area contributed by atoms with Crippen LogP contribution in [-0.4, -0.2) is 11.0 Å². The molecule has 1 unspecified atom stereocenters. The summed E-state index contributed by atoms with van der Waals surface area (Å²) in [6.07, 6.45) is 3.84. The van der Waals surface area contributed by atoms with E-state index in [2.05, 4.69) is 11.1 Å². The summed E-state index contributed by atoms with van der Waals surface area (Å²) >= 11 is 6.14. The van der Waals surface area contributed by atoms with Gasteiger partial charge >= 0.3 is 0 Å². The van der Waals surface area contributed by atoms with Crippen LogP contribution in [0.15, 0.2) is 36.0 Å². The van der Waals surface area contributed by atoms with Gasteiger partial charge in [0.15, 0.2) is 0 Å². The van der Waals surface area contributed by atoms with E-state index in [-0.39, 0.29) is 6.04 Å². The minimum atomic E-state index is 0.0458. The first-order valence-corrected chi connectivity index (χ1v) is 5.94. The zero-order valence-corrected chi connectivity index (χ0v) is 10.7. The Morgan fingerprint density at radius 3 is 2.88 bits per heavy atom. The quantitative estimate of drug-likeness (QED) is 0.879. The predicted octanol–water partition coefficient (Wildman–Crippen LogP) is 3.64. The van der Waals surface area contributed by atoms with Crippen LogP contribution in [0.3, 0.4) is 0 Å². The van der Waals surface area contributed by atoms with E-state index in [1.165, 1.54) is 0 Å². The minimum absolute atomic E-state index is 0.0458. The largest absolute Gasteiger partial charge is 0.324 e. The fourth-order valence-electron chi connectivity index (χ4n) is 1.65. The molecule has 17 heavy (non-hydrogen) atoms. The Hall–Kier alpha value is -1.38. The maximum atomic E-state index is 6.14. The van der Waals surface area contributed by atoms with Gasteiger partial charge in [-0.25, -0.2) is 0 Å². The van der Waals surface area contributed by atoms with Gasteiger partial charge < -0.3 is 5.73 Å². The van der Waals surface area contributed by atoms with E-state index in [1.807, 2.05) is 38.1 Å². The van der Waals surface area contributed by atoms with Crippen molar-refractivity contribution in [1.82, 2.24) is 4.98 Å². The first kappa shape index (κ1) is 12.1. The number of hydrogen-bond acceptors (Lipinski definition) is 2. The van der Waals surface area contributed by atoms with Crippen LogP contribution in [0.4, 0.5) is 0 Å². The molecule has 2 N–H and O–H groups in total. The van der Waals surface area contributed by atoms with Gasteiger partial charge in [-0.3, -0.25) is 4.98 Å². The lowest BCUT2D eigenvalue weighted by molar-refractivity contribution is 0.868. The Bertz CT molecular complexity index is 573. The molecule has 0 aliphatic rings. The van der Waals surface area contributed by atoms with Gasteiger partial charge in [-0.15, -0.1) is 0 Å². The van der Waals surface area contributed by atoms with Crippen molar-refractivity contribution >= 4 is 28.6 Å². The highest BCUT2D eigenvalue weighted by Gasteiger charge is 2.05. The van der Waals surface area contributed by atoms with Crippen LogP contribution in [-0.2, 0) is 0 Å². The molecule has 0 bridgehead atoms. The predicted molar refractivity (Wildman–Crippen MR) is 74.1 cm³/mol. The number of fused-ring (bicyclic) bond motifs is 1. The summed E-state index contributed by atoms with van der Waals surface area (Å²) in [7, 11) is 0. The SMILES string of the molecule is C/C(=C\c1ccc(Cl)c2cccnc12)C(C)N. The first-order valence-electron chi connectivity index (χ1n) is 5.56. The van der Waals surface area contributed by atoms with Crippen LogP contribution in [0.25, 0.3) is 17.0 Å². The molecule has 0 radical (unpaired) electrons. The molecule has 1 aromatic heterocycles. The number of nitrogens with zero attached hydrogens (tertiary/aromatic N) is 1. The van der Waals surface area contributed by atoms with Gasteiger partial charge in [0.2, 0.25) is 0 Å². The van der Waals surface area contributed by atoms with Gasteiger partial charge in [-0.05, 0) is 32.0 Å². The smallest absolute Gasteiger partial charge is 0.0789 e. The topological polar surface area (TPSA) is 38.9 Å². The first-order chi connectivity index (χ1) is 8.09. The molecule has 2 rings (SSSR count). The van der Waals surface area contributed by atoms with E-state index >= 15 is 0 Å². The fraction of sp³-hybridized carbons (Fsp3) is 0.214. The molecule has 1 atom stereocenters. The molecule has 0 saturated heterocycles. The van der Waals surface area contributed by atoms with Gasteiger partial charge in [0.25, 0.3) is 0 Å². The molecular formula is C14H15ClN2. The summed E-state index contributed by atoms with van der Waals surface area (Å²) in [4.78, 5) is 4.38. The molecule has 2 nitrogen and oxygen atoms in total. The third-order valence-corrected chi connectivity index (χ3v) is 3.18. The highest BCUT2D eigenvalue weighted by atomic mass is 35.5. The zero-order valence-electron chi connectivity index (χ0n) is 9.94. The van der Waals surface area contributed by atoms with Crippen molar-refractivity contribution in [3.8, 4) is 0 Å². The van der Waals surface area contributed by atoms with E-state index in [4.69, 9.17) is 17.3 Å². The minimum Gasteiger partial charge on any atom is -0.324 e. The number of hydrogen-bond donors (Lipinski definition) is 1. The molecule has 2 aromatic rings. The van der Waals surface area contributed by atoms with Crippen LogP contribution in [0.1, 0.15) is 19.4 Å². The third-order valence-electron chi connectivity index (χ3n) is 2.85. The summed E-state index contributed by atoms with van der Waals surface area (Å²) < 4.78 is 0. The summed E-state index contributed by atoms with van der Waals surface area (Å²) in [6.45, 7) is 3.99. The van der Waals surface area contributed by atoms with E-state index in [0.29, 0.717) is 0 Å². The average Bonchev–Trinajstić information content (AvgIpc) is 2.33. The lowest BCUT2D eigenvalue weighted by Crippen LogP contribution is -2.15. The van der Waals surface area contributed by atoms with Crippen molar-refractivity contribution < 1.29 is 0 Å². The standard InChI is InChI=1S/C14H15ClN2/c1-9(10(2)16)8-11-5-6-13(15)12-4-3-7-17-14(11)12/h3-8,10H,16H2,1-2H3/b9-8+. The van der Waals surface area contributed by atoms with Crippen LogP contribution in [0, 0.1) is 0 Å². The molecule has 1 aromatic carbocycles. The fourth-order valence-corrected chi connectivity index (χ4v) is 1.87. The molecule has 1 heterocycles. The Labute approximate surface area is 106 Å². The van der Waals surface area contributed by atoms with E-state index in [0.717, 1.165) is 27.1 Å². The Morgan fingerprint density at radius 1 is 1.41 bits per heavy atom. The maximum Gasteiger partial charge on any atom is 0.0789 e. The third kappa shape index (κ3) is 2.48. The summed E-state index contributed by atoms with van der Waals surface area (Å²) in [5, 5.41) is 1.70. The second-order valence-electron chi connectivity index (χ2n) is 4.21. The van der Waals surface area contributed by atoms with Gasteiger partial charge in [-0.2, -0.15) is 0 Å². The highest BCUT2D eigenvalue weighted by Crippen LogP contribution is 2.26. The summed E-state index contributed by atoms with van der Waals surface area (Å²) in [5.74, 6) is 0. The molecule has 3 heteroatoms. The van der Waals surface area contributed by atoms with Gasteiger partial charge in [0, 0.05) is 23.2 Å². The lowest BCUT2D eigenvalue weighted by Gasteiger charge is -2.07. The average molecular weight is 247 g/mol. The van der Waals surface area contributed by atoms with Crippen molar-refractivity contribution in [1.29, 1.82) is 0 Å². The Kier molecular flexibility index (Phi) is 3.46. The lowest BCUT2D eigenvalue weighted by atomic mass is 10.0. The number of nitrogens with two attached hydrogens (primary N) is 1. The van der Waals surface area contributed by atoms with Crippen LogP contribution in [0.5, 0.6) is 0 Å². The number of rotatable bonds is 2. The van der Waals surface area contributed by atoms with Crippen LogP contribution >= 0.6 is 11.6 Å². The van der Waals surface area contributed by atoms with E-state index < -0.39 is 0 Å². The molecular weight excluding hydrogens is 232 g/mol. The van der Waals surface area contributed by atoms with Crippen LogP contribution < -0.4 is 5.73 Å². The highest BCUT2D eigenvalue weighted by molar-refractivity contribution is 6.35.